The summed E-state index contributed by atoms with van der Waals surface area (Å²) in [7, 11) is 0. The lowest BCUT2D eigenvalue weighted by Crippen LogP contribution is -2.46. The molecular formula is C12H23NO3. The van der Waals surface area contributed by atoms with Gasteiger partial charge in [-0.05, 0) is 46.5 Å². The van der Waals surface area contributed by atoms with Crippen LogP contribution >= 0.6 is 0 Å². The average molecular weight is 229 g/mol. The summed E-state index contributed by atoms with van der Waals surface area (Å²) in [5.74, 6) is 0.222. The average Bonchev–Trinajstić information content (AvgIpc) is 2.19. The lowest BCUT2D eigenvalue weighted by Gasteiger charge is -2.28. The lowest BCUT2D eigenvalue weighted by molar-refractivity contribution is 0.0459. The maximum absolute atomic E-state index is 11.6. The fourth-order valence-corrected chi connectivity index (χ4v) is 2.24. The molecule has 1 aliphatic carbocycles. The van der Waals surface area contributed by atoms with Crippen molar-refractivity contribution in [1.29, 1.82) is 0 Å². The number of aliphatic hydroxyl groups excluding tert-OH is 1. The number of carbonyl (C=O) groups is 1. The van der Waals surface area contributed by atoms with Crippen LogP contribution in [0.25, 0.3) is 0 Å². The monoisotopic (exact) mass is 229 g/mol. The standard InChI is InChI=1S/C12H23NO3/c1-8-6-12(5,7-9(8)14)13-10(15)16-11(2,3)4/h8-9,14H,6-7H2,1-5H3,(H,13,15). The van der Waals surface area contributed by atoms with E-state index in [-0.39, 0.29) is 17.6 Å². The van der Waals surface area contributed by atoms with E-state index in [1.54, 1.807) is 0 Å². The van der Waals surface area contributed by atoms with E-state index >= 15 is 0 Å². The molecule has 0 spiro atoms. The highest BCUT2D eigenvalue weighted by atomic mass is 16.6. The van der Waals surface area contributed by atoms with Gasteiger partial charge in [-0.3, -0.25) is 0 Å². The molecule has 0 saturated heterocycles. The molecule has 4 nitrogen and oxygen atoms in total. The molecule has 4 heteroatoms. The summed E-state index contributed by atoms with van der Waals surface area (Å²) in [4.78, 5) is 11.6. The number of nitrogens with one attached hydrogen (secondary N) is 1. The molecule has 16 heavy (non-hydrogen) atoms. The van der Waals surface area contributed by atoms with Crippen LogP contribution in [0.1, 0.15) is 47.5 Å². The van der Waals surface area contributed by atoms with E-state index in [1.807, 2.05) is 34.6 Å². The van der Waals surface area contributed by atoms with Crippen molar-refractivity contribution in [3.8, 4) is 0 Å². The second-order valence-electron chi connectivity index (χ2n) is 6.14. The molecule has 3 atom stereocenters. The van der Waals surface area contributed by atoms with Gasteiger partial charge in [0, 0.05) is 5.54 Å². The van der Waals surface area contributed by atoms with Crippen LogP contribution in [0.2, 0.25) is 0 Å². The van der Waals surface area contributed by atoms with Gasteiger partial charge in [-0.2, -0.15) is 0 Å². The van der Waals surface area contributed by atoms with E-state index in [4.69, 9.17) is 4.74 Å². The Balaban J connectivity index is 2.52. The summed E-state index contributed by atoms with van der Waals surface area (Å²) in [5, 5.41) is 12.5. The van der Waals surface area contributed by atoms with Crippen molar-refractivity contribution in [2.45, 2.75) is 64.7 Å². The third-order valence-electron chi connectivity index (χ3n) is 2.89. The zero-order chi connectivity index (χ0) is 12.6. The van der Waals surface area contributed by atoms with Crippen LogP contribution in [0, 0.1) is 5.92 Å². The summed E-state index contributed by atoms with van der Waals surface area (Å²) < 4.78 is 5.20. The van der Waals surface area contributed by atoms with E-state index in [0.717, 1.165) is 6.42 Å². The molecule has 3 unspecified atom stereocenters. The van der Waals surface area contributed by atoms with Gasteiger partial charge in [0.1, 0.15) is 5.60 Å². The van der Waals surface area contributed by atoms with Crippen LogP contribution in [0.3, 0.4) is 0 Å². The molecule has 0 aromatic heterocycles. The van der Waals surface area contributed by atoms with Gasteiger partial charge < -0.3 is 15.2 Å². The highest BCUT2D eigenvalue weighted by Crippen LogP contribution is 2.34. The van der Waals surface area contributed by atoms with Gasteiger partial charge in [-0.1, -0.05) is 6.92 Å². The molecule has 2 N–H and O–H groups in total. The van der Waals surface area contributed by atoms with Crippen molar-refractivity contribution < 1.29 is 14.6 Å². The van der Waals surface area contributed by atoms with Crippen LogP contribution in [-0.4, -0.2) is 28.4 Å². The first-order chi connectivity index (χ1) is 7.11. The number of amides is 1. The van der Waals surface area contributed by atoms with Crippen molar-refractivity contribution in [3.05, 3.63) is 0 Å². The topological polar surface area (TPSA) is 58.6 Å². The molecule has 0 aliphatic heterocycles. The Morgan fingerprint density at radius 3 is 2.38 bits per heavy atom. The number of alkyl carbamates (subject to hydrolysis) is 1. The van der Waals surface area contributed by atoms with Gasteiger partial charge in [0.25, 0.3) is 0 Å². The van der Waals surface area contributed by atoms with Gasteiger partial charge in [0.05, 0.1) is 6.10 Å². The predicted molar refractivity (Wildman–Crippen MR) is 62.2 cm³/mol. The van der Waals surface area contributed by atoms with E-state index in [9.17, 15) is 9.90 Å². The molecule has 1 aliphatic rings. The van der Waals surface area contributed by atoms with Gasteiger partial charge in [0.2, 0.25) is 0 Å². The molecule has 0 heterocycles. The Hall–Kier alpha value is -0.770. The van der Waals surface area contributed by atoms with Crippen molar-refractivity contribution in [1.82, 2.24) is 5.32 Å². The van der Waals surface area contributed by atoms with Gasteiger partial charge in [0.15, 0.2) is 0 Å². The second-order valence-corrected chi connectivity index (χ2v) is 6.14. The van der Waals surface area contributed by atoms with E-state index in [2.05, 4.69) is 5.32 Å². The summed E-state index contributed by atoms with van der Waals surface area (Å²) in [6.45, 7) is 9.44. The van der Waals surface area contributed by atoms with Crippen LogP contribution in [0.5, 0.6) is 0 Å². The highest BCUT2D eigenvalue weighted by molar-refractivity contribution is 5.68. The van der Waals surface area contributed by atoms with Gasteiger partial charge >= 0.3 is 6.09 Å². The van der Waals surface area contributed by atoms with Crippen molar-refractivity contribution in [2.75, 3.05) is 0 Å². The summed E-state index contributed by atoms with van der Waals surface area (Å²) in [6, 6.07) is 0. The van der Waals surface area contributed by atoms with Crippen molar-refractivity contribution >= 4 is 6.09 Å². The van der Waals surface area contributed by atoms with Crippen molar-refractivity contribution in [3.63, 3.8) is 0 Å². The van der Waals surface area contributed by atoms with Crippen LogP contribution in [-0.2, 0) is 4.74 Å². The summed E-state index contributed by atoms with van der Waals surface area (Å²) in [5.41, 5.74) is -0.829. The summed E-state index contributed by atoms with van der Waals surface area (Å²) in [6.07, 6.45) is 0.636. The molecule has 1 amide bonds. The first kappa shape index (κ1) is 13.3. The number of rotatable bonds is 1. The molecule has 1 saturated carbocycles. The second kappa shape index (κ2) is 4.24. The highest BCUT2D eigenvalue weighted by Gasteiger charge is 2.40. The minimum absolute atomic E-state index is 0.222. The number of hydrogen-bond acceptors (Lipinski definition) is 3. The maximum atomic E-state index is 11.6. The zero-order valence-electron chi connectivity index (χ0n) is 10.8. The summed E-state index contributed by atoms with van der Waals surface area (Å²) >= 11 is 0. The number of ether oxygens (including phenoxy) is 1. The third kappa shape index (κ3) is 3.67. The molecule has 1 fully saturated rings. The Morgan fingerprint density at radius 2 is 2.00 bits per heavy atom. The largest absolute Gasteiger partial charge is 0.444 e. The third-order valence-corrected chi connectivity index (χ3v) is 2.89. The molecule has 0 bridgehead atoms. The Kier molecular flexibility index (Phi) is 3.53. The lowest BCUT2D eigenvalue weighted by atomic mass is 9.99. The Bertz CT molecular complexity index is 260. The van der Waals surface area contributed by atoms with Crippen LogP contribution < -0.4 is 5.32 Å². The first-order valence-corrected chi connectivity index (χ1v) is 5.80. The predicted octanol–water partition coefficient (Wildman–Crippen LogP) is 2.06. The molecule has 0 aromatic rings. The van der Waals surface area contributed by atoms with E-state index in [0.29, 0.717) is 6.42 Å². The minimum atomic E-state index is -0.483. The van der Waals surface area contributed by atoms with Gasteiger partial charge in [-0.15, -0.1) is 0 Å². The Morgan fingerprint density at radius 1 is 1.44 bits per heavy atom. The van der Waals surface area contributed by atoms with E-state index in [1.165, 1.54) is 0 Å². The molecule has 1 rings (SSSR count). The fourth-order valence-electron chi connectivity index (χ4n) is 2.24. The first-order valence-electron chi connectivity index (χ1n) is 5.80. The molecule has 0 radical (unpaired) electrons. The molecule has 94 valence electrons. The minimum Gasteiger partial charge on any atom is -0.444 e. The fraction of sp³-hybridized carbons (Fsp3) is 0.917. The van der Waals surface area contributed by atoms with Crippen molar-refractivity contribution in [2.24, 2.45) is 5.92 Å². The quantitative estimate of drug-likeness (QED) is 0.723. The number of carbonyl (C=O) groups excluding carboxylic acids is 1. The molecular weight excluding hydrogens is 206 g/mol. The van der Waals surface area contributed by atoms with E-state index < -0.39 is 11.7 Å². The molecule has 0 aromatic carbocycles. The smallest absolute Gasteiger partial charge is 0.408 e. The Labute approximate surface area is 97.4 Å². The number of hydrogen-bond donors (Lipinski definition) is 2. The SMILES string of the molecule is CC1CC(C)(NC(=O)OC(C)(C)C)CC1O. The van der Waals surface area contributed by atoms with Crippen LogP contribution in [0.4, 0.5) is 4.79 Å². The van der Waals surface area contributed by atoms with Gasteiger partial charge in [-0.25, -0.2) is 4.79 Å². The number of aliphatic hydroxyl groups is 1. The van der Waals surface area contributed by atoms with Crippen LogP contribution in [0.15, 0.2) is 0 Å². The normalized spacial score (nSPS) is 34.9. The maximum Gasteiger partial charge on any atom is 0.408 e. The zero-order valence-corrected chi connectivity index (χ0v) is 10.8.